The Morgan fingerprint density at radius 1 is 1.53 bits per heavy atom. The van der Waals surface area contributed by atoms with E-state index in [0.717, 1.165) is 12.2 Å². The molecular formula is C13H13N3O2S. The van der Waals surface area contributed by atoms with Crippen molar-refractivity contribution in [1.82, 2.24) is 10.3 Å². The zero-order chi connectivity index (χ0) is 13.2. The Kier molecular flexibility index (Phi) is 3.08. The van der Waals surface area contributed by atoms with E-state index in [4.69, 9.17) is 10.5 Å². The number of hydrogen-bond acceptors (Lipinski definition) is 5. The van der Waals surface area contributed by atoms with Crippen LogP contribution in [-0.2, 0) is 6.42 Å². The average molecular weight is 275 g/mol. The zero-order valence-corrected chi connectivity index (χ0v) is 10.9. The third-order valence-corrected chi connectivity index (χ3v) is 3.63. The van der Waals surface area contributed by atoms with Crippen LogP contribution in [0.25, 0.3) is 0 Å². The van der Waals surface area contributed by atoms with Crippen molar-refractivity contribution >= 4 is 22.4 Å². The number of nitrogens with zero attached hydrogens (tertiary/aromatic N) is 1. The van der Waals surface area contributed by atoms with Crippen molar-refractivity contribution in [3.63, 3.8) is 0 Å². The number of fused-ring (bicyclic) bond motifs is 1. The van der Waals surface area contributed by atoms with Crippen LogP contribution in [0, 0.1) is 0 Å². The molecule has 6 heteroatoms. The Morgan fingerprint density at radius 3 is 3.11 bits per heavy atom. The molecule has 19 heavy (non-hydrogen) atoms. The Morgan fingerprint density at radius 2 is 2.37 bits per heavy atom. The molecular weight excluding hydrogens is 262 g/mol. The number of amides is 1. The van der Waals surface area contributed by atoms with Crippen molar-refractivity contribution in [2.75, 3.05) is 12.3 Å². The molecule has 0 spiro atoms. The highest BCUT2D eigenvalue weighted by molar-refractivity contribution is 7.13. The van der Waals surface area contributed by atoms with Gasteiger partial charge in [0.05, 0.1) is 6.54 Å². The summed E-state index contributed by atoms with van der Waals surface area (Å²) in [5.74, 6) is 0.687. The molecule has 98 valence electrons. The lowest BCUT2D eigenvalue weighted by Gasteiger charge is -2.11. The summed E-state index contributed by atoms with van der Waals surface area (Å²) >= 11 is 1.26. The van der Waals surface area contributed by atoms with Crippen LogP contribution in [0.15, 0.2) is 29.6 Å². The molecule has 1 unspecified atom stereocenters. The second-order valence-corrected chi connectivity index (χ2v) is 5.22. The highest BCUT2D eigenvalue weighted by Crippen LogP contribution is 2.27. The molecule has 0 saturated carbocycles. The molecule has 2 aromatic rings. The Hall–Kier alpha value is -2.08. The van der Waals surface area contributed by atoms with Gasteiger partial charge in [-0.25, -0.2) is 4.98 Å². The summed E-state index contributed by atoms with van der Waals surface area (Å²) in [6.45, 7) is 0.463. The van der Waals surface area contributed by atoms with Crippen LogP contribution < -0.4 is 15.8 Å². The molecule has 1 aliphatic rings. The van der Waals surface area contributed by atoms with Crippen molar-refractivity contribution in [3.8, 4) is 5.75 Å². The maximum absolute atomic E-state index is 11.8. The number of nitrogen functional groups attached to an aromatic ring is 1. The van der Waals surface area contributed by atoms with Crippen LogP contribution in [0.2, 0.25) is 0 Å². The zero-order valence-electron chi connectivity index (χ0n) is 10.1. The van der Waals surface area contributed by atoms with E-state index in [0.29, 0.717) is 17.4 Å². The van der Waals surface area contributed by atoms with Crippen molar-refractivity contribution in [3.05, 3.63) is 40.9 Å². The van der Waals surface area contributed by atoms with Gasteiger partial charge in [0.1, 0.15) is 17.5 Å². The number of thiazole rings is 1. The largest absolute Gasteiger partial charge is 0.488 e. The number of para-hydroxylation sites is 1. The van der Waals surface area contributed by atoms with Crippen molar-refractivity contribution in [1.29, 1.82) is 0 Å². The molecule has 0 bridgehead atoms. The fraction of sp³-hybridized carbons (Fsp3) is 0.231. The second-order valence-electron chi connectivity index (χ2n) is 4.33. The quantitative estimate of drug-likeness (QED) is 0.889. The fourth-order valence-corrected chi connectivity index (χ4v) is 2.60. The Labute approximate surface area is 114 Å². The van der Waals surface area contributed by atoms with E-state index in [2.05, 4.69) is 10.3 Å². The van der Waals surface area contributed by atoms with Crippen molar-refractivity contribution < 1.29 is 9.53 Å². The van der Waals surface area contributed by atoms with Gasteiger partial charge in [-0.1, -0.05) is 18.2 Å². The molecule has 1 aromatic carbocycles. The van der Waals surface area contributed by atoms with E-state index < -0.39 is 0 Å². The summed E-state index contributed by atoms with van der Waals surface area (Å²) in [6.07, 6.45) is 0.799. The number of nitrogens with two attached hydrogens (primary N) is 1. The summed E-state index contributed by atoms with van der Waals surface area (Å²) in [5, 5.41) is 4.86. The Balaban J connectivity index is 1.56. The monoisotopic (exact) mass is 275 g/mol. The highest BCUT2D eigenvalue weighted by atomic mass is 32.1. The average Bonchev–Trinajstić information content (AvgIpc) is 3.01. The van der Waals surface area contributed by atoms with Crippen molar-refractivity contribution in [2.24, 2.45) is 0 Å². The molecule has 3 N–H and O–H groups in total. The minimum Gasteiger partial charge on any atom is -0.488 e. The standard InChI is InChI=1S/C13H13N3O2S/c14-13-16-10(7-19-13)12(17)15-6-9-5-8-3-1-2-4-11(8)18-9/h1-4,7,9H,5-6H2,(H2,14,16)(H,15,17). The summed E-state index contributed by atoms with van der Waals surface area (Å²) in [4.78, 5) is 15.7. The van der Waals surface area contributed by atoms with E-state index >= 15 is 0 Å². The van der Waals surface area contributed by atoms with Crippen molar-refractivity contribution in [2.45, 2.75) is 12.5 Å². The highest BCUT2D eigenvalue weighted by Gasteiger charge is 2.23. The van der Waals surface area contributed by atoms with E-state index in [-0.39, 0.29) is 12.0 Å². The molecule has 0 aliphatic carbocycles. The number of hydrogen-bond donors (Lipinski definition) is 2. The molecule has 1 aromatic heterocycles. The first-order valence-corrected chi connectivity index (χ1v) is 6.84. The molecule has 1 aliphatic heterocycles. The van der Waals surface area contributed by atoms with E-state index in [1.807, 2.05) is 24.3 Å². The number of anilines is 1. The SMILES string of the molecule is Nc1nc(C(=O)NCC2Cc3ccccc3O2)cs1. The van der Waals surface area contributed by atoms with Crippen LogP contribution in [0.5, 0.6) is 5.75 Å². The first-order chi connectivity index (χ1) is 9.22. The second kappa shape index (κ2) is 4.89. The smallest absolute Gasteiger partial charge is 0.270 e. The number of aromatic nitrogens is 1. The van der Waals surface area contributed by atoms with Gasteiger partial charge in [0.25, 0.3) is 5.91 Å². The number of nitrogens with one attached hydrogen (secondary N) is 1. The first-order valence-electron chi connectivity index (χ1n) is 5.96. The summed E-state index contributed by atoms with van der Waals surface area (Å²) in [6, 6.07) is 7.91. The minimum atomic E-state index is -0.215. The number of carbonyl (C=O) groups is 1. The minimum absolute atomic E-state index is 0.0164. The van der Waals surface area contributed by atoms with Gasteiger partial charge in [-0.15, -0.1) is 11.3 Å². The van der Waals surface area contributed by atoms with Gasteiger partial charge < -0.3 is 15.8 Å². The third-order valence-electron chi connectivity index (χ3n) is 2.96. The van der Waals surface area contributed by atoms with Crippen LogP contribution in [0.3, 0.4) is 0 Å². The summed E-state index contributed by atoms with van der Waals surface area (Å²) < 4.78 is 5.74. The molecule has 2 heterocycles. The molecule has 1 amide bonds. The van der Waals surface area contributed by atoms with Gasteiger partial charge in [-0.2, -0.15) is 0 Å². The summed E-state index contributed by atoms with van der Waals surface area (Å²) in [5.41, 5.74) is 7.03. The molecule has 3 rings (SSSR count). The van der Waals surface area contributed by atoms with Gasteiger partial charge in [-0.3, -0.25) is 4.79 Å². The summed E-state index contributed by atoms with van der Waals surface area (Å²) in [7, 11) is 0. The number of ether oxygens (including phenoxy) is 1. The van der Waals surface area contributed by atoms with Crippen LogP contribution in [-0.4, -0.2) is 23.5 Å². The topological polar surface area (TPSA) is 77.2 Å². The van der Waals surface area contributed by atoms with Gasteiger partial charge in [0, 0.05) is 11.8 Å². The molecule has 0 radical (unpaired) electrons. The van der Waals surface area contributed by atoms with Gasteiger partial charge in [0.15, 0.2) is 5.13 Å². The van der Waals surface area contributed by atoms with Crippen LogP contribution in [0.1, 0.15) is 16.1 Å². The predicted molar refractivity (Wildman–Crippen MR) is 73.4 cm³/mol. The lowest BCUT2D eigenvalue weighted by molar-refractivity contribution is 0.0929. The molecule has 1 atom stereocenters. The number of benzene rings is 1. The van der Waals surface area contributed by atoms with Gasteiger partial charge in [0.2, 0.25) is 0 Å². The van der Waals surface area contributed by atoms with Gasteiger partial charge in [-0.05, 0) is 11.6 Å². The Bertz CT molecular complexity index is 586. The number of carbonyl (C=O) groups excluding carboxylic acids is 1. The molecule has 0 saturated heterocycles. The third kappa shape index (κ3) is 2.53. The fourth-order valence-electron chi connectivity index (χ4n) is 2.06. The van der Waals surface area contributed by atoms with Gasteiger partial charge >= 0.3 is 0 Å². The number of rotatable bonds is 3. The molecule has 0 fully saturated rings. The molecule has 5 nitrogen and oxygen atoms in total. The van der Waals surface area contributed by atoms with E-state index in [9.17, 15) is 4.79 Å². The first kappa shape index (κ1) is 12.0. The maximum Gasteiger partial charge on any atom is 0.270 e. The lowest BCUT2D eigenvalue weighted by Crippen LogP contribution is -2.34. The van der Waals surface area contributed by atoms with E-state index in [1.165, 1.54) is 16.9 Å². The maximum atomic E-state index is 11.8. The predicted octanol–water partition coefficient (Wildman–Crippen LogP) is 1.46. The van der Waals surface area contributed by atoms with Crippen LogP contribution in [0.4, 0.5) is 5.13 Å². The normalized spacial score (nSPS) is 16.7. The lowest BCUT2D eigenvalue weighted by atomic mass is 10.1. The van der Waals surface area contributed by atoms with E-state index in [1.54, 1.807) is 5.38 Å². The van der Waals surface area contributed by atoms with Crippen LogP contribution >= 0.6 is 11.3 Å².